The smallest absolute Gasteiger partial charge is 0.150 e. The number of allylic oxidation sites excluding steroid dienone is 3. The number of rotatable bonds is 5. The summed E-state index contributed by atoms with van der Waals surface area (Å²) in [6, 6.07) is 16.7. The number of benzene rings is 3. The van der Waals surface area contributed by atoms with E-state index < -0.39 is 0 Å². The Morgan fingerprint density at radius 2 is 1.24 bits per heavy atom. The van der Waals surface area contributed by atoms with Crippen LogP contribution in [0.1, 0.15) is 73.3 Å². The maximum Gasteiger partial charge on any atom is 0.150 e. The molecule has 0 amide bonds. The fourth-order valence-electron chi connectivity index (χ4n) is 4.31. The van der Waals surface area contributed by atoms with Crippen molar-refractivity contribution in [3.63, 3.8) is 0 Å². The highest BCUT2D eigenvalue weighted by molar-refractivity contribution is 5.78. The largest absolute Gasteiger partial charge is 0.298 e. The van der Waals surface area contributed by atoms with Gasteiger partial charge in [-0.05, 0) is 93.0 Å². The van der Waals surface area contributed by atoms with Gasteiger partial charge in [0.15, 0.2) is 0 Å². The number of carbonyl (C=O) groups is 1. The lowest BCUT2D eigenvalue weighted by atomic mass is 9.83. The zero-order valence-corrected chi connectivity index (χ0v) is 21.5. The Kier molecular flexibility index (Phi) is 9.17. The lowest BCUT2D eigenvalue weighted by Gasteiger charge is -2.21. The molecule has 0 aliphatic carbocycles. The van der Waals surface area contributed by atoms with Crippen LogP contribution in [0.15, 0.2) is 67.3 Å². The molecule has 0 bridgehead atoms. The first-order valence-corrected chi connectivity index (χ1v) is 11.6. The molecule has 3 rings (SSSR count). The summed E-state index contributed by atoms with van der Waals surface area (Å²) < 4.78 is 0. The zero-order chi connectivity index (χ0) is 24.7. The molecule has 33 heavy (non-hydrogen) atoms. The Morgan fingerprint density at radius 1 is 0.758 bits per heavy atom. The molecule has 0 aromatic heterocycles. The summed E-state index contributed by atoms with van der Waals surface area (Å²) in [5.41, 5.74) is 13.9. The molecule has 1 atom stereocenters. The average molecular weight is 439 g/mol. The van der Waals surface area contributed by atoms with E-state index in [2.05, 4.69) is 92.3 Å². The molecular weight excluding hydrogens is 400 g/mol. The van der Waals surface area contributed by atoms with E-state index in [0.717, 1.165) is 11.8 Å². The summed E-state index contributed by atoms with van der Waals surface area (Å²) in [6.07, 6.45) is 4.77. The van der Waals surface area contributed by atoms with Crippen molar-refractivity contribution in [2.24, 2.45) is 0 Å². The van der Waals surface area contributed by atoms with Crippen LogP contribution in [0, 0.1) is 48.5 Å². The van der Waals surface area contributed by atoms with Crippen LogP contribution in [0.3, 0.4) is 0 Å². The van der Waals surface area contributed by atoms with Gasteiger partial charge in [-0.15, -0.1) is 0 Å². The predicted octanol–water partition coefficient (Wildman–Crippen LogP) is 8.72. The molecule has 3 aromatic carbocycles. The first-order valence-electron chi connectivity index (χ1n) is 11.6. The summed E-state index contributed by atoms with van der Waals surface area (Å²) in [4.78, 5) is 10.9. The molecule has 0 radical (unpaired) electrons. The third-order valence-electron chi connectivity index (χ3n) is 6.53. The van der Waals surface area contributed by atoms with E-state index in [1.807, 2.05) is 30.3 Å². The second-order valence-electron chi connectivity index (χ2n) is 9.14. The fourth-order valence-corrected chi connectivity index (χ4v) is 4.31. The van der Waals surface area contributed by atoms with Crippen molar-refractivity contribution in [3.05, 3.63) is 123 Å². The second-order valence-corrected chi connectivity index (χ2v) is 9.14. The summed E-state index contributed by atoms with van der Waals surface area (Å²) >= 11 is 0. The van der Waals surface area contributed by atoms with E-state index in [-0.39, 0.29) is 5.92 Å². The van der Waals surface area contributed by atoms with Gasteiger partial charge in [-0.2, -0.15) is 0 Å². The number of hydrogen-bond acceptors (Lipinski definition) is 1. The zero-order valence-electron chi connectivity index (χ0n) is 21.5. The lowest BCUT2D eigenvalue weighted by molar-refractivity contribution is 0.112. The van der Waals surface area contributed by atoms with Crippen molar-refractivity contribution in [1.82, 2.24) is 0 Å². The van der Waals surface area contributed by atoms with Crippen molar-refractivity contribution >= 4 is 11.9 Å². The molecule has 0 saturated carbocycles. The van der Waals surface area contributed by atoms with Gasteiger partial charge in [-0.3, -0.25) is 4.79 Å². The van der Waals surface area contributed by atoms with E-state index in [9.17, 15) is 4.79 Å². The van der Waals surface area contributed by atoms with Gasteiger partial charge in [0.1, 0.15) is 6.29 Å². The molecule has 0 spiro atoms. The molecule has 0 aliphatic rings. The minimum absolute atomic E-state index is 0.258. The van der Waals surface area contributed by atoms with Crippen molar-refractivity contribution in [2.75, 3.05) is 0 Å². The van der Waals surface area contributed by atoms with Crippen molar-refractivity contribution in [1.29, 1.82) is 0 Å². The molecular formula is C32H38O. The molecule has 0 saturated heterocycles. The molecule has 0 heterocycles. The maximum atomic E-state index is 10.9. The molecule has 0 aliphatic heterocycles. The van der Waals surface area contributed by atoms with Crippen LogP contribution in [-0.2, 0) is 0 Å². The Morgan fingerprint density at radius 3 is 1.73 bits per heavy atom. The summed E-state index contributed by atoms with van der Waals surface area (Å²) in [6.45, 7) is 21.2. The highest BCUT2D eigenvalue weighted by Crippen LogP contribution is 2.35. The Bertz CT molecular complexity index is 1140. The van der Waals surface area contributed by atoms with Crippen LogP contribution in [-0.4, -0.2) is 6.29 Å². The first kappa shape index (κ1) is 26.1. The van der Waals surface area contributed by atoms with Gasteiger partial charge in [-0.1, -0.05) is 85.3 Å². The minimum Gasteiger partial charge on any atom is -0.298 e. The maximum absolute atomic E-state index is 10.9. The van der Waals surface area contributed by atoms with Crippen LogP contribution in [0.4, 0.5) is 0 Å². The predicted molar refractivity (Wildman–Crippen MR) is 144 cm³/mol. The molecule has 1 heteroatoms. The van der Waals surface area contributed by atoms with Crippen molar-refractivity contribution in [2.45, 2.75) is 61.3 Å². The molecule has 1 unspecified atom stereocenters. The molecule has 1 nitrogen and oxygen atoms in total. The van der Waals surface area contributed by atoms with Gasteiger partial charge in [0.25, 0.3) is 0 Å². The second kappa shape index (κ2) is 11.6. The van der Waals surface area contributed by atoms with Crippen molar-refractivity contribution in [3.8, 4) is 0 Å². The number of aryl methyl sites for hydroxylation is 5. The molecule has 0 fully saturated rings. The Balaban J connectivity index is 0.000000321. The summed E-state index contributed by atoms with van der Waals surface area (Å²) in [5.74, 6) is 0.258. The van der Waals surface area contributed by atoms with E-state index in [1.165, 1.54) is 50.1 Å². The van der Waals surface area contributed by atoms with Crippen LogP contribution < -0.4 is 0 Å². The van der Waals surface area contributed by atoms with Gasteiger partial charge >= 0.3 is 0 Å². The van der Waals surface area contributed by atoms with E-state index in [0.29, 0.717) is 5.56 Å². The first-order chi connectivity index (χ1) is 15.6. The van der Waals surface area contributed by atoms with E-state index in [1.54, 1.807) is 0 Å². The number of hydrogen-bond donors (Lipinski definition) is 0. The third-order valence-corrected chi connectivity index (χ3v) is 6.53. The monoisotopic (exact) mass is 438 g/mol. The standard InChI is InChI=1S/C22H24O.C10H14/c1-6-7-21(20-10-8-19(14-23)9-11-20)18(5)22-13-15(2)12-16(3)17(22)4;1-7-5-8(2)10(4)9(3)6-7/h6-14,18H,1H2,2-5H3;5-6H,1-4H3/b21-7+;. The van der Waals surface area contributed by atoms with Gasteiger partial charge < -0.3 is 0 Å². The van der Waals surface area contributed by atoms with Crippen LogP contribution in [0.25, 0.3) is 5.57 Å². The molecule has 0 N–H and O–H groups in total. The van der Waals surface area contributed by atoms with Crippen LogP contribution in [0.2, 0.25) is 0 Å². The summed E-state index contributed by atoms with van der Waals surface area (Å²) in [7, 11) is 0. The summed E-state index contributed by atoms with van der Waals surface area (Å²) in [5, 5.41) is 0. The van der Waals surface area contributed by atoms with Gasteiger partial charge in [0, 0.05) is 11.5 Å². The van der Waals surface area contributed by atoms with E-state index >= 15 is 0 Å². The van der Waals surface area contributed by atoms with Gasteiger partial charge in [0.05, 0.1) is 0 Å². The number of carbonyl (C=O) groups excluding carboxylic acids is 1. The van der Waals surface area contributed by atoms with Gasteiger partial charge in [-0.25, -0.2) is 0 Å². The quantitative estimate of drug-likeness (QED) is 0.287. The third kappa shape index (κ3) is 6.65. The minimum atomic E-state index is 0.258. The molecule has 3 aromatic rings. The number of aldehydes is 1. The highest BCUT2D eigenvalue weighted by Gasteiger charge is 2.16. The highest BCUT2D eigenvalue weighted by atomic mass is 16.1. The molecule has 172 valence electrons. The Hall–Kier alpha value is -3.19. The van der Waals surface area contributed by atoms with Gasteiger partial charge in [0.2, 0.25) is 0 Å². The normalized spacial score (nSPS) is 11.9. The average Bonchev–Trinajstić information content (AvgIpc) is 2.78. The van der Waals surface area contributed by atoms with Crippen molar-refractivity contribution < 1.29 is 4.79 Å². The van der Waals surface area contributed by atoms with Crippen LogP contribution >= 0.6 is 0 Å². The van der Waals surface area contributed by atoms with E-state index in [4.69, 9.17) is 0 Å². The SMILES string of the molecule is C=C/C=C(/c1ccc(C=O)cc1)C(C)c1cc(C)cc(C)c1C.Cc1cc(C)c(C)c(C)c1. The van der Waals surface area contributed by atoms with Crippen LogP contribution in [0.5, 0.6) is 0 Å². The Labute approximate surface area is 200 Å². The topological polar surface area (TPSA) is 17.1 Å². The lowest BCUT2D eigenvalue weighted by Crippen LogP contribution is -2.03. The fraction of sp³-hybridized carbons (Fsp3) is 0.281.